The number of phenols is 2. The van der Waals surface area contributed by atoms with E-state index in [0.717, 1.165) is 38.5 Å². The summed E-state index contributed by atoms with van der Waals surface area (Å²) in [5.41, 5.74) is 1.85. The van der Waals surface area contributed by atoms with Crippen LogP contribution >= 0.6 is 0 Å². The third kappa shape index (κ3) is 31.3. The van der Waals surface area contributed by atoms with Crippen LogP contribution in [-0.2, 0) is 29.1 Å². The Morgan fingerprint density at radius 3 is 1.46 bits per heavy atom. The van der Waals surface area contributed by atoms with Gasteiger partial charge in [-0.25, -0.2) is 0 Å². The zero-order valence-corrected chi connectivity index (χ0v) is 30.0. The van der Waals surface area contributed by atoms with Crippen molar-refractivity contribution in [1.82, 2.24) is 0 Å². The first-order chi connectivity index (χ1) is 21.6. The topological polar surface area (TPSA) is 115 Å². The van der Waals surface area contributed by atoms with Crippen LogP contribution in [0.4, 0.5) is 12.9 Å². The van der Waals surface area contributed by atoms with E-state index in [1.165, 1.54) is 36.2 Å². The van der Waals surface area contributed by atoms with Crippen molar-refractivity contribution in [3.63, 3.8) is 0 Å². The van der Waals surface area contributed by atoms with E-state index in [4.69, 9.17) is 20.3 Å². The summed E-state index contributed by atoms with van der Waals surface area (Å²) in [6.07, 6.45) is 10.3. The largest absolute Gasteiger partial charge is 2.00 e. The van der Waals surface area contributed by atoms with E-state index in [2.05, 4.69) is 24.3 Å². The second-order valence-electron chi connectivity index (χ2n) is 9.05. The maximum Gasteiger partial charge on any atom is 2.00 e. The van der Waals surface area contributed by atoms with Crippen molar-refractivity contribution in [2.45, 2.75) is 78.6 Å². The van der Waals surface area contributed by atoms with Crippen molar-refractivity contribution < 1.29 is 67.0 Å². The van der Waals surface area contributed by atoms with Gasteiger partial charge in [0.25, 0.3) is 0 Å². The van der Waals surface area contributed by atoms with Crippen molar-refractivity contribution in [1.29, 1.82) is 0 Å². The molecule has 13 heteroatoms. The molecule has 2 aliphatic carbocycles. The van der Waals surface area contributed by atoms with Gasteiger partial charge in [0.1, 0.15) is 17.3 Å². The van der Waals surface area contributed by atoms with Gasteiger partial charge in [-0.05, 0) is 73.0 Å². The van der Waals surface area contributed by atoms with Crippen molar-refractivity contribution >= 4 is 31.7 Å². The molecule has 0 bridgehead atoms. The summed E-state index contributed by atoms with van der Waals surface area (Å²) < 4.78 is 29.0. The minimum absolute atomic E-state index is 0. The number of benzene rings is 3. The maximum atomic E-state index is 11.2. The Labute approximate surface area is 298 Å². The molecular weight excluding hydrogens is 717 g/mol. The van der Waals surface area contributed by atoms with Crippen molar-refractivity contribution in [3.8, 4) is 11.5 Å². The summed E-state index contributed by atoms with van der Waals surface area (Å²) in [6.45, 7) is 8.00. The van der Waals surface area contributed by atoms with E-state index in [1.807, 2.05) is 45.9 Å². The smallest absolute Gasteiger partial charge is 1.00 e. The molecular formula is C35H50B2F4O6Rh. The molecule has 0 spiro atoms. The third-order valence-electron chi connectivity index (χ3n) is 5.80. The molecule has 0 aromatic heterocycles. The summed E-state index contributed by atoms with van der Waals surface area (Å²) in [7, 11) is -5.01. The second kappa shape index (κ2) is 36.6. The molecule has 4 N–H and O–H groups in total. The number of carbonyl (C=O) groups excluding carboxylic acids is 2. The second-order valence-corrected chi connectivity index (χ2v) is 9.05. The van der Waals surface area contributed by atoms with Gasteiger partial charge >= 0.3 is 34.1 Å². The number of allylic oxidation sites excluding steroid dienone is 2. The number of hydrogen-bond acceptors (Lipinski definition) is 6. The maximum absolute atomic E-state index is 11.2. The van der Waals surface area contributed by atoms with Gasteiger partial charge in [-0.15, -0.1) is 0 Å². The number of ketones is 2. The Hall–Kier alpha value is -3.27. The fraction of sp³-hybridized carbons (Fsp3) is 0.343. The molecule has 1 radical (unpaired) electrons. The number of aromatic hydroxyl groups is 2. The van der Waals surface area contributed by atoms with Crippen LogP contribution < -0.4 is 10.2 Å². The van der Waals surface area contributed by atoms with Crippen LogP contribution in [0.5, 0.6) is 11.5 Å². The molecule has 2 aliphatic rings. The molecule has 0 amide bonds. The van der Waals surface area contributed by atoms with E-state index < -0.39 is 14.7 Å². The number of hydrogen-bond donors (Lipinski definition) is 4. The van der Waals surface area contributed by atoms with Crippen molar-refractivity contribution in [2.24, 2.45) is 0 Å². The Kier molecular flexibility index (Phi) is 41.3. The Morgan fingerprint density at radius 2 is 1.15 bits per heavy atom. The SMILES string of the molecule is CC.CC.FB(F)F.O=C1C=CCCC1.O=C1CCCC(c2ccccc2)C1.OB(O)c1ccccc1.Oc1ccc(O)cc1.[CH3-].[F-].[Rh+2]. The number of carbonyl (C=O) groups is 2. The summed E-state index contributed by atoms with van der Waals surface area (Å²) in [5, 5.41) is 34.4. The van der Waals surface area contributed by atoms with Gasteiger partial charge in [0.2, 0.25) is 0 Å². The van der Waals surface area contributed by atoms with E-state index in [1.54, 1.807) is 30.3 Å². The van der Waals surface area contributed by atoms with Gasteiger partial charge in [-0.3, -0.25) is 22.5 Å². The first-order valence-electron chi connectivity index (χ1n) is 15.2. The van der Waals surface area contributed by atoms with Crippen LogP contribution in [0.1, 0.15) is 84.1 Å². The van der Waals surface area contributed by atoms with Gasteiger partial charge in [0.15, 0.2) is 5.78 Å². The van der Waals surface area contributed by atoms with Crippen molar-refractivity contribution in [2.75, 3.05) is 0 Å². The number of halogens is 4. The Balaban J connectivity index is -0.000000160. The summed E-state index contributed by atoms with van der Waals surface area (Å²) in [4.78, 5) is 21.6. The first-order valence-corrected chi connectivity index (χ1v) is 15.2. The van der Waals surface area contributed by atoms with Crippen molar-refractivity contribution in [3.05, 3.63) is 110 Å². The molecule has 5 rings (SSSR count). The molecule has 3 aromatic carbocycles. The monoisotopic (exact) mass is 767 g/mol. The van der Waals surface area contributed by atoms with E-state index >= 15 is 0 Å². The van der Waals surface area contributed by atoms with Gasteiger partial charge in [0, 0.05) is 19.3 Å². The molecule has 1 unspecified atom stereocenters. The predicted octanol–water partition coefficient (Wildman–Crippen LogP) is 5.06. The predicted molar refractivity (Wildman–Crippen MR) is 185 cm³/mol. The van der Waals surface area contributed by atoms with E-state index in [9.17, 15) is 22.5 Å². The van der Waals surface area contributed by atoms with E-state index in [0.29, 0.717) is 17.2 Å². The normalized spacial score (nSPS) is 13.2. The number of rotatable bonds is 2. The number of Topliss-reactive ketones (excluding diaryl/α,β-unsaturated/α-hetero) is 1. The quantitative estimate of drug-likeness (QED) is 0.126. The molecule has 0 heterocycles. The fourth-order valence-corrected chi connectivity index (χ4v) is 3.80. The molecule has 1 saturated carbocycles. The average Bonchev–Trinajstić information content (AvgIpc) is 3.06. The molecule has 0 saturated heterocycles. The number of phenolic OH excluding ortho intramolecular Hbond substituents is 2. The van der Waals surface area contributed by atoms with Crippen LogP contribution in [0.2, 0.25) is 0 Å². The molecule has 269 valence electrons. The van der Waals surface area contributed by atoms with Gasteiger partial charge in [-0.2, -0.15) is 0 Å². The molecule has 6 nitrogen and oxygen atoms in total. The fourth-order valence-electron chi connectivity index (χ4n) is 3.80. The van der Waals surface area contributed by atoms with Gasteiger partial charge in [-0.1, -0.05) is 94.4 Å². The summed E-state index contributed by atoms with van der Waals surface area (Å²) in [5.74, 6) is 1.54. The summed E-state index contributed by atoms with van der Waals surface area (Å²) in [6, 6.07) is 24.7. The molecule has 48 heavy (non-hydrogen) atoms. The van der Waals surface area contributed by atoms with E-state index in [-0.39, 0.29) is 48.9 Å². The van der Waals surface area contributed by atoms with Gasteiger partial charge < -0.3 is 32.4 Å². The van der Waals surface area contributed by atoms with Crippen LogP contribution in [-0.4, -0.2) is 46.5 Å². The summed E-state index contributed by atoms with van der Waals surface area (Å²) >= 11 is 0. The average molecular weight is 767 g/mol. The van der Waals surface area contributed by atoms with Crippen LogP contribution in [0, 0.1) is 7.43 Å². The Bertz CT molecular complexity index is 1140. The Morgan fingerprint density at radius 1 is 0.708 bits per heavy atom. The molecule has 1 atom stereocenters. The first kappa shape index (κ1) is 54.2. The molecule has 0 aliphatic heterocycles. The van der Waals surface area contributed by atoms with Crippen LogP contribution in [0.15, 0.2) is 97.1 Å². The zero-order chi connectivity index (χ0) is 34.5. The zero-order valence-electron chi connectivity index (χ0n) is 28.4. The molecule has 1 fully saturated rings. The third-order valence-corrected chi connectivity index (χ3v) is 5.80. The minimum Gasteiger partial charge on any atom is -1.00 e. The standard InChI is InChI=1S/C12H14O.C6H7BO2.C6H6O2.C6H8O.2C2H6.CH3.BF3.FH.Rh/c13-12-8-4-7-11(9-12)10-5-2-1-3-6-10;8-7(9)6-4-2-1-3-5-6;7-5-1-2-6(8)4-3-5;7-6-4-2-1-3-5-6;2*1-2;;2-1(3)4;;/h1-3,5-6,11H,4,7-9H2;1-5,8-9H;1-4,7-8H;2,4H,1,3,5H2;2*1-2H3;1H3;;1H;/q;;;;;;-1;;;+2/p-1. The minimum atomic E-state index is -3.67. The van der Waals surface area contributed by atoms with Crippen LogP contribution in [0.25, 0.3) is 0 Å². The van der Waals surface area contributed by atoms with Gasteiger partial charge in [0.05, 0.1) is 0 Å². The van der Waals surface area contributed by atoms with Crippen LogP contribution in [0.3, 0.4) is 0 Å². The molecule has 3 aromatic rings.